The van der Waals surface area contributed by atoms with Crippen LogP contribution in [0.15, 0.2) is 18.2 Å². The van der Waals surface area contributed by atoms with E-state index in [9.17, 15) is 13.6 Å². The van der Waals surface area contributed by atoms with Crippen LogP contribution in [0, 0.1) is 11.6 Å². The highest BCUT2D eigenvalue weighted by Crippen LogP contribution is 2.17. The summed E-state index contributed by atoms with van der Waals surface area (Å²) in [6.45, 7) is 3.41. The predicted molar refractivity (Wildman–Crippen MR) is 61.2 cm³/mol. The normalized spacial score (nSPS) is 14.2. The standard InChI is InChI=1S/C12H16F2N2O/c1-3-11(15)12(17)16-7(2)9-5-4-8(13)6-10(9)14/h4-7,11H,3,15H2,1-2H3,(H,16,17)/t7?,11-/m1/s1. The molecule has 0 aliphatic rings. The van der Waals surface area contributed by atoms with Crippen LogP contribution < -0.4 is 11.1 Å². The quantitative estimate of drug-likeness (QED) is 0.847. The Morgan fingerprint density at radius 3 is 2.65 bits per heavy atom. The Labute approximate surface area is 99.0 Å². The number of nitrogens with one attached hydrogen (secondary N) is 1. The van der Waals surface area contributed by atoms with Crippen molar-refractivity contribution in [2.75, 3.05) is 0 Å². The Hall–Kier alpha value is -1.49. The number of halogens is 2. The number of hydrogen-bond acceptors (Lipinski definition) is 2. The summed E-state index contributed by atoms with van der Waals surface area (Å²) in [5.41, 5.74) is 5.78. The van der Waals surface area contributed by atoms with Crippen LogP contribution in [0.4, 0.5) is 8.78 Å². The molecule has 1 aromatic carbocycles. The lowest BCUT2D eigenvalue weighted by Crippen LogP contribution is -2.41. The summed E-state index contributed by atoms with van der Waals surface area (Å²) in [6.07, 6.45) is 0.504. The molecule has 1 rings (SSSR count). The Morgan fingerprint density at radius 2 is 2.12 bits per heavy atom. The number of benzene rings is 1. The lowest BCUT2D eigenvalue weighted by molar-refractivity contribution is -0.123. The average Bonchev–Trinajstić information content (AvgIpc) is 2.27. The van der Waals surface area contributed by atoms with Crippen molar-refractivity contribution in [1.82, 2.24) is 5.32 Å². The highest BCUT2D eigenvalue weighted by Gasteiger charge is 2.17. The minimum absolute atomic E-state index is 0.239. The molecule has 94 valence electrons. The predicted octanol–water partition coefficient (Wildman–Crippen LogP) is 1.88. The number of amides is 1. The molecule has 17 heavy (non-hydrogen) atoms. The van der Waals surface area contributed by atoms with Crippen LogP contribution in [0.3, 0.4) is 0 Å². The summed E-state index contributed by atoms with van der Waals surface area (Å²) in [7, 11) is 0. The van der Waals surface area contributed by atoms with Gasteiger partial charge in [0.05, 0.1) is 12.1 Å². The molecule has 0 saturated carbocycles. The van der Waals surface area contributed by atoms with E-state index >= 15 is 0 Å². The van der Waals surface area contributed by atoms with Crippen molar-refractivity contribution in [1.29, 1.82) is 0 Å². The van der Waals surface area contributed by atoms with Gasteiger partial charge < -0.3 is 11.1 Å². The maximum Gasteiger partial charge on any atom is 0.237 e. The van der Waals surface area contributed by atoms with Crippen molar-refractivity contribution < 1.29 is 13.6 Å². The van der Waals surface area contributed by atoms with Crippen molar-refractivity contribution in [2.45, 2.75) is 32.4 Å². The van der Waals surface area contributed by atoms with E-state index in [1.807, 2.05) is 0 Å². The van der Waals surface area contributed by atoms with E-state index in [0.717, 1.165) is 12.1 Å². The molecule has 0 heterocycles. The van der Waals surface area contributed by atoms with Gasteiger partial charge in [-0.15, -0.1) is 0 Å². The first kappa shape index (κ1) is 13.6. The fourth-order valence-electron chi connectivity index (χ4n) is 1.44. The van der Waals surface area contributed by atoms with Gasteiger partial charge in [0.25, 0.3) is 0 Å². The molecule has 3 nitrogen and oxygen atoms in total. The first-order chi connectivity index (χ1) is 7.95. The summed E-state index contributed by atoms with van der Waals surface area (Å²) in [5, 5.41) is 2.58. The maximum atomic E-state index is 13.4. The first-order valence-corrected chi connectivity index (χ1v) is 5.46. The van der Waals surface area contributed by atoms with Gasteiger partial charge in [-0.2, -0.15) is 0 Å². The molecule has 0 radical (unpaired) electrons. The molecule has 0 fully saturated rings. The van der Waals surface area contributed by atoms with Crippen molar-refractivity contribution >= 4 is 5.91 Å². The Balaban J connectivity index is 2.76. The smallest absolute Gasteiger partial charge is 0.237 e. The van der Waals surface area contributed by atoms with Crippen LogP contribution in [-0.2, 0) is 4.79 Å². The second kappa shape index (κ2) is 5.72. The summed E-state index contributed by atoms with van der Waals surface area (Å²) >= 11 is 0. The van der Waals surface area contributed by atoms with Crippen LogP contribution in [0.25, 0.3) is 0 Å². The summed E-state index contributed by atoms with van der Waals surface area (Å²) in [6, 6.07) is 2.10. The Kier molecular flexibility index (Phi) is 4.57. The van der Waals surface area contributed by atoms with Gasteiger partial charge in [0.15, 0.2) is 0 Å². The first-order valence-electron chi connectivity index (χ1n) is 5.46. The highest BCUT2D eigenvalue weighted by molar-refractivity contribution is 5.81. The SMILES string of the molecule is CC[C@@H](N)C(=O)NC(C)c1ccc(F)cc1F. The van der Waals surface area contributed by atoms with Crippen molar-refractivity contribution in [3.63, 3.8) is 0 Å². The lowest BCUT2D eigenvalue weighted by Gasteiger charge is -2.17. The summed E-state index contributed by atoms with van der Waals surface area (Å²) in [5.74, 6) is -1.67. The molecule has 2 atom stereocenters. The number of hydrogen-bond donors (Lipinski definition) is 2. The molecule has 1 unspecified atom stereocenters. The van der Waals surface area contributed by atoms with Gasteiger partial charge in [0.2, 0.25) is 5.91 Å². The molecule has 3 N–H and O–H groups in total. The number of rotatable bonds is 4. The zero-order chi connectivity index (χ0) is 13.0. The van der Waals surface area contributed by atoms with Gasteiger partial charge in [0, 0.05) is 11.6 Å². The minimum Gasteiger partial charge on any atom is -0.348 e. The summed E-state index contributed by atoms with van der Waals surface area (Å²) < 4.78 is 26.1. The molecule has 5 heteroatoms. The maximum absolute atomic E-state index is 13.4. The Bertz CT molecular complexity index is 409. The molecule has 1 amide bonds. The molecular weight excluding hydrogens is 226 g/mol. The third-order valence-electron chi connectivity index (χ3n) is 2.56. The zero-order valence-electron chi connectivity index (χ0n) is 9.84. The largest absolute Gasteiger partial charge is 0.348 e. The Morgan fingerprint density at radius 1 is 1.47 bits per heavy atom. The molecule has 0 aliphatic heterocycles. The van der Waals surface area contributed by atoms with Crippen LogP contribution >= 0.6 is 0 Å². The third-order valence-corrected chi connectivity index (χ3v) is 2.56. The molecule has 0 saturated heterocycles. The number of carbonyl (C=O) groups excluding carboxylic acids is 1. The topological polar surface area (TPSA) is 55.1 Å². The minimum atomic E-state index is -0.678. The number of carbonyl (C=O) groups is 1. The van der Waals surface area contributed by atoms with Gasteiger partial charge >= 0.3 is 0 Å². The van der Waals surface area contributed by atoms with Gasteiger partial charge in [-0.1, -0.05) is 13.0 Å². The monoisotopic (exact) mass is 242 g/mol. The van der Waals surface area contributed by atoms with Crippen LogP contribution in [0.5, 0.6) is 0 Å². The van der Waals surface area contributed by atoms with Gasteiger partial charge in [-0.3, -0.25) is 4.79 Å². The fraction of sp³-hybridized carbons (Fsp3) is 0.417. The van der Waals surface area contributed by atoms with Crippen molar-refractivity contribution in [2.24, 2.45) is 5.73 Å². The molecule has 0 spiro atoms. The second-order valence-corrected chi connectivity index (χ2v) is 3.91. The molecule has 0 aliphatic carbocycles. The van der Waals surface area contributed by atoms with Crippen LogP contribution in [0.1, 0.15) is 31.9 Å². The van der Waals surface area contributed by atoms with E-state index in [4.69, 9.17) is 5.73 Å². The highest BCUT2D eigenvalue weighted by atomic mass is 19.1. The van der Waals surface area contributed by atoms with E-state index in [1.54, 1.807) is 13.8 Å². The fourth-order valence-corrected chi connectivity index (χ4v) is 1.44. The average molecular weight is 242 g/mol. The van der Waals surface area contributed by atoms with Gasteiger partial charge in [-0.25, -0.2) is 8.78 Å². The van der Waals surface area contributed by atoms with Crippen molar-refractivity contribution in [3.05, 3.63) is 35.4 Å². The number of nitrogens with two attached hydrogens (primary N) is 1. The van der Waals surface area contributed by atoms with E-state index in [1.165, 1.54) is 6.07 Å². The summed E-state index contributed by atoms with van der Waals surface area (Å²) in [4.78, 5) is 11.5. The van der Waals surface area contributed by atoms with E-state index in [2.05, 4.69) is 5.32 Å². The molecule has 0 aromatic heterocycles. The van der Waals surface area contributed by atoms with Gasteiger partial charge in [0.1, 0.15) is 11.6 Å². The van der Waals surface area contributed by atoms with Gasteiger partial charge in [-0.05, 0) is 19.4 Å². The lowest BCUT2D eigenvalue weighted by atomic mass is 10.1. The molecule has 0 bridgehead atoms. The second-order valence-electron chi connectivity index (χ2n) is 3.91. The van der Waals surface area contributed by atoms with E-state index in [0.29, 0.717) is 6.42 Å². The molecule has 1 aromatic rings. The van der Waals surface area contributed by atoms with Crippen molar-refractivity contribution in [3.8, 4) is 0 Å². The van der Waals surface area contributed by atoms with Crippen LogP contribution in [0.2, 0.25) is 0 Å². The van der Waals surface area contributed by atoms with E-state index in [-0.39, 0.29) is 11.5 Å². The van der Waals surface area contributed by atoms with E-state index < -0.39 is 23.7 Å². The van der Waals surface area contributed by atoms with Crippen LogP contribution in [-0.4, -0.2) is 11.9 Å². The zero-order valence-corrected chi connectivity index (χ0v) is 9.84. The molecular formula is C12H16F2N2O. The third kappa shape index (κ3) is 3.49.